The second-order valence-corrected chi connectivity index (χ2v) is 5.10. The highest BCUT2D eigenvalue weighted by Gasteiger charge is 2.18. The topological polar surface area (TPSA) is 76.2 Å². The first-order chi connectivity index (χ1) is 9.74. The minimum atomic E-state index is -0.183. The van der Waals surface area contributed by atoms with Crippen molar-refractivity contribution >= 4 is 21.8 Å². The van der Waals surface area contributed by atoms with Crippen LogP contribution in [-0.4, -0.2) is 29.3 Å². The van der Waals surface area contributed by atoms with Gasteiger partial charge < -0.3 is 14.8 Å². The summed E-state index contributed by atoms with van der Waals surface area (Å²) in [6.07, 6.45) is 1.64. The van der Waals surface area contributed by atoms with Crippen LogP contribution in [0.2, 0.25) is 0 Å². The second kappa shape index (κ2) is 5.54. The van der Waals surface area contributed by atoms with Gasteiger partial charge in [-0.05, 0) is 34.1 Å². The minimum Gasteiger partial charge on any atom is -0.486 e. The number of carbonyl (C=O) groups excluding carboxylic acids is 1. The lowest BCUT2D eigenvalue weighted by molar-refractivity contribution is 0.0949. The molecule has 3 rings (SSSR count). The van der Waals surface area contributed by atoms with Crippen molar-refractivity contribution in [3.63, 3.8) is 0 Å². The highest BCUT2D eigenvalue weighted by atomic mass is 79.9. The lowest BCUT2D eigenvalue weighted by Crippen LogP contribution is -2.23. The minimum absolute atomic E-state index is 0.183. The van der Waals surface area contributed by atoms with Gasteiger partial charge in [-0.2, -0.15) is 5.10 Å². The summed E-state index contributed by atoms with van der Waals surface area (Å²) in [5, 5.41) is 9.42. The van der Waals surface area contributed by atoms with Crippen LogP contribution in [0.15, 0.2) is 28.9 Å². The molecule has 2 N–H and O–H groups in total. The lowest BCUT2D eigenvalue weighted by Gasteiger charge is -2.20. The van der Waals surface area contributed by atoms with E-state index in [4.69, 9.17) is 9.47 Å². The molecule has 0 spiro atoms. The Hall–Kier alpha value is -2.02. The number of H-pyrrole nitrogens is 1. The first kappa shape index (κ1) is 13.0. The molecule has 1 aromatic carbocycles. The Morgan fingerprint density at radius 3 is 3.05 bits per heavy atom. The summed E-state index contributed by atoms with van der Waals surface area (Å²) in [6, 6.07) is 5.21. The number of carbonyl (C=O) groups is 1. The van der Waals surface area contributed by atoms with Crippen molar-refractivity contribution < 1.29 is 14.3 Å². The predicted octanol–water partition coefficient (Wildman–Crippen LogP) is 1.87. The Morgan fingerprint density at radius 2 is 2.25 bits per heavy atom. The number of aromatic amines is 1. The third-order valence-electron chi connectivity index (χ3n) is 2.86. The molecule has 0 saturated heterocycles. The number of hydrogen-bond donors (Lipinski definition) is 2. The van der Waals surface area contributed by atoms with Gasteiger partial charge in [-0.1, -0.05) is 0 Å². The summed E-state index contributed by atoms with van der Waals surface area (Å²) in [4.78, 5) is 12.1. The van der Waals surface area contributed by atoms with Crippen molar-refractivity contribution in [2.45, 2.75) is 6.54 Å². The van der Waals surface area contributed by atoms with Gasteiger partial charge in [0.1, 0.15) is 13.2 Å². The number of ether oxygens (including phenoxy) is 2. The van der Waals surface area contributed by atoms with Crippen molar-refractivity contribution in [2.75, 3.05) is 13.2 Å². The number of nitrogens with one attached hydrogen (secondary N) is 2. The van der Waals surface area contributed by atoms with E-state index in [-0.39, 0.29) is 5.91 Å². The van der Waals surface area contributed by atoms with Gasteiger partial charge in [0.2, 0.25) is 0 Å². The van der Waals surface area contributed by atoms with Crippen LogP contribution in [0.3, 0.4) is 0 Å². The number of rotatable bonds is 3. The van der Waals surface area contributed by atoms with Gasteiger partial charge in [-0.25, -0.2) is 0 Å². The fourth-order valence-electron chi connectivity index (χ4n) is 1.90. The average Bonchev–Trinajstić information content (AvgIpc) is 2.98. The van der Waals surface area contributed by atoms with Gasteiger partial charge in [0.05, 0.1) is 16.7 Å². The Labute approximate surface area is 123 Å². The van der Waals surface area contributed by atoms with Gasteiger partial charge in [0.15, 0.2) is 11.5 Å². The normalized spacial score (nSPS) is 13.1. The number of halogens is 1. The Bertz CT molecular complexity index is 628. The van der Waals surface area contributed by atoms with E-state index in [1.165, 1.54) is 0 Å². The van der Waals surface area contributed by atoms with E-state index in [2.05, 4.69) is 31.4 Å². The van der Waals surface area contributed by atoms with Crippen LogP contribution in [0.1, 0.15) is 16.1 Å². The van der Waals surface area contributed by atoms with Crippen molar-refractivity contribution in [3.8, 4) is 11.5 Å². The van der Waals surface area contributed by atoms with Gasteiger partial charge in [0, 0.05) is 11.8 Å². The number of amides is 1. The van der Waals surface area contributed by atoms with E-state index >= 15 is 0 Å². The molecule has 0 fully saturated rings. The molecule has 104 valence electrons. The van der Waals surface area contributed by atoms with E-state index in [0.29, 0.717) is 41.3 Å². The van der Waals surface area contributed by atoms with Crippen LogP contribution in [0.5, 0.6) is 11.5 Å². The first-order valence-corrected chi connectivity index (χ1v) is 6.89. The monoisotopic (exact) mass is 337 g/mol. The van der Waals surface area contributed by atoms with Crippen molar-refractivity contribution in [1.82, 2.24) is 15.5 Å². The molecule has 1 aliphatic rings. The zero-order valence-electron chi connectivity index (χ0n) is 10.5. The predicted molar refractivity (Wildman–Crippen MR) is 74.9 cm³/mol. The summed E-state index contributed by atoms with van der Waals surface area (Å²) >= 11 is 3.39. The SMILES string of the molecule is O=C(NCc1ccn[nH]1)c1cc(Br)c2c(c1)OCCO2. The number of nitrogens with zero attached hydrogens (tertiary/aromatic N) is 1. The fourth-order valence-corrected chi connectivity index (χ4v) is 2.46. The number of hydrogen-bond acceptors (Lipinski definition) is 4. The van der Waals surface area contributed by atoms with Crippen LogP contribution in [0.25, 0.3) is 0 Å². The summed E-state index contributed by atoms with van der Waals surface area (Å²) < 4.78 is 11.7. The quantitative estimate of drug-likeness (QED) is 0.896. The van der Waals surface area contributed by atoms with Crippen LogP contribution in [-0.2, 0) is 6.54 Å². The standard InChI is InChI=1S/C13H12BrN3O3/c14-10-5-8(6-11-12(10)20-4-3-19-11)13(18)15-7-9-1-2-16-17-9/h1-2,5-6H,3-4,7H2,(H,15,18)(H,16,17). The maximum Gasteiger partial charge on any atom is 0.251 e. The van der Waals surface area contributed by atoms with Gasteiger partial charge in [-0.15, -0.1) is 0 Å². The number of aromatic nitrogens is 2. The second-order valence-electron chi connectivity index (χ2n) is 4.25. The van der Waals surface area contributed by atoms with Crippen molar-refractivity contribution in [1.29, 1.82) is 0 Å². The molecule has 0 radical (unpaired) electrons. The molecular weight excluding hydrogens is 326 g/mol. The molecular formula is C13H12BrN3O3. The number of fused-ring (bicyclic) bond motifs is 1. The van der Waals surface area contributed by atoms with Gasteiger partial charge in [-0.3, -0.25) is 9.89 Å². The molecule has 0 saturated carbocycles. The maximum absolute atomic E-state index is 12.1. The van der Waals surface area contributed by atoms with E-state index in [0.717, 1.165) is 5.69 Å². The Morgan fingerprint density at radius 1 is 1.40 bits per heavy atom. The van der Waals surface area contributed by atoms with E-state index in [1.54, 1.807) is 24.4 Å². The van der Waals surface area contributed by atoms with Crippen LogP contribution in [0, 0.1) is 0 Å². The number of benzene rings is 1. The maximum atomic E-state index is 12.1. The third kappa shape index (κ3) is 2.62. The summed E-state index contributed by atoms with van der Waals surface area (Å²) in [6.45, 7) is 1.39. The van der Waals surface area contributed by atoms with Crippen LogP contribution < -0.4 is 14.8 Å². The molecule has 0 atom stereocenters. The third-order valence-corrected chi connectivity index (χ3v) is 3.45. The zero-order valence-corrected chi connectivity index (χ0v) is 12.1. The smallest absolute Gasteiger partial charge is 0.251 e. The molecule has 1 aliphatic heterocycles. The van der Waals surface area contributed by atoms with Crippen LogP contribution in [0.4, 0.5) is 0 Å². The van der Waals surface area contributed by atoms with Crippen molar-refractivity contribution in [2.24, 2.45) is 0 Å². The molecule has 7 heteroatoms. The van der Waals surface area contributed by atoms with Gasteiger partial charge in [0.25, 0.3) is 5.91 Å². The summed E-state index contributed by atoms with van der Waals surface area (Å²) in [7, 11) is 0. The molecule has 2 heterocycles. The Balaban J connectivity index is 1.76. The van der Waals surface area contributed by atoms with E-state index in [9.17, 15) is 4.79 Å². The molecule has 0 bridgehead atoms. The highest BCUT2D eigenvalue weighted by molar-refractivity contribution is 9.10. The van der Waals surface area contributed by atoms with E-state index in [1.807, 2.05) is 0 Å². The largest absolute Gasteiger partial charge is 0.486 e. The lowest BCUT2D eigenvalue weighted by atomic mass is 10.2. The zero-order chi connectivity index (χ0) is 13.9. The molecule has 20 heavy (non-hydrogen) atoms. The first-order valence-electron chi connectivity index (χ1n) is 6.09. The molecule has 0 aliphatic carbocycles. The molecule has 1 aromatic heterocycles. The fraction of sp³-hybridized carbons (Fsp3) is 0.231. The molecule has 1 amide bonds. The molecule has 0 unspecified atom stereocenters. The summed E-state index contributed by atoms with van der Waals surface area (Å²) in [5.41, 5.74) is 1.36. The van der Waals surface area contributed by atoms with Gasteiger partial charge >= 0.3 is 0 Å². The van der Waals surface area contributed by atoms with Crippen LogP contribution >= 0.6 is 15.9 Å². The van der Waals surface area contributed by atoms with E-state index < -0.39 is 0 Å². The van der Waals surface area contributed by atoms with Crippen molar-refractivity contribution in [3.05, 3.63) is 40.1 Å². The summed E-state index contributed by atoms with van der Waals surface area (Å²) in [5.74, 6) is 1.04. The highest BCUT2D eigenvalue weighted by Crippen LogP contribution is 2.38. The molecule has 6 nitrogen and oxygen atoms in total. The molecule has 2 aromatic rings. The Kier molecular flexibility index (Phi) is 3.60. The average molecular weight is 338 g/mol.